The molecule has 0 unspecified atom stereocenters. The Balaban J connectivity index is 3.27. The number of ether oxygens (including phenoxy) is 2. The lowest BCUT2D eigenvalue weighted by Gasteiger charge is -2.31. The first-order valence-electron chi connectivity index (χ1n) is 5.44. The van der Waals surface area contributed by atoms with E-state index in [2.05, 4.69) is 31.9 Å². The largest absolute Gasteiger partial charge is 0.383 e. The van der Waals surface area contributed by atoms with Gasteiger partial charge < -0.3 is 9.47 Å². The quantitative estimate of drug-likeness (QED) is 0.683. The van der Waals surface area contributed by atoms with E-state index in [1.807, 2.05) is 24.3 Å². The molecule has 0 spiro atoms. The molecule has 5 heteroatoms. The highest BCUT2D eigenvalue weighted by molar-refractivity contribution is 9.10. The molecule has 0 atom stereocenters. The zero-order chi connectivity index (χ0) is 13.6. The van der Waals surface area contributed by atoms with Crippen LogP contribution in [-0.2, 0) is 19.7 Å². The first kappa shape index (κ1) is 15.8. The molecule has 3 nitrogen and oxygen atoms in total. The zero-order valence-corrected chi connectivity index (χ0v) is 13.6. The van der Waals surface area contributed by atoms with Gasteiger partial charge in [0.25, 0.3) is 0 Å². The summed E-state index contributed by atoms with van der Waals surface area (Å²) < 4.78 is 11.4. The second kappa shape index (κ2) is 7.38. The van der Waals surface area contributed by atoms with Crippen LogP contribution in [0.5, 0.6) is 0 Å². The topological polar surface area (TPSA) is 35.5 Å². The number of Topliss-reactive ketones (excluding diaryl/α,β-unsaturated/α-hetero) is 1. The maximum atomic E-state index is 12.3. The summed E-state index contributed by atoms with van der Waals surface area (Å²) in [7, 11) is 3.17. The lowest BCUT2D eigenvalue weighted by Crippen LogP contribution is -2.45. The van der Waals surface area contributed by atoms with Crippen molar-refractivity contribution >= 4 is 37.6 Å². The van der Waals surface area contributed by atoms with Gasteiger partial charge in [0.05, 0.1) is 18.5 Å². The van der Waals surface area contributed by atoms with Crippen molar-refractivity contribution in [2.24, 2.45) is 0 Å². The highest BCUT2D eigenvalue weighted by Crippen LogP contribution is 2.29. The normalized spacial score (nSPS) is 11.6. The molecule has 0 saturated carbocycles. The molecular formula is C13H16Br2O3. The van der Waals surface area contributed by atoms with Crippen molar-refractivity contribution in [3.63, 3.8) is 0 Å². The summed E-state index contributed by atoms with van der Waals surface area (Å²) in [5, 5.41) is 0.270. The molecule has 18 heavy (non-hydrogen) atoms. The van der Waals surface area contributed by atoms with Crippen LogP contribution in [-0.4, -0.2) is 38.5 Å². The van der Waals surface area contributed by atoms with Crippen LogP contribution in [0.3, 0.4) is 0 Å². The minimum atomic E-state index is -0.767. The molecule has 0 radical (unpaired) electrons. The molecule has 0 aromatic heterocycles. The Kier molecular flexibility index (Phi) is 6.49. The van der Waals surface area contributed by atoms with Gasteiger partial charge in [-0.2, -0.15) is 0 Å². The van der Waals surface area contributed by atoms with Crippen LogP contribution < -0.4 is 0 Å². The lowest BCUT2D eigenvalue weighted by molar-refractivity contribution is -0.126. The first-order valence-corrected chi connectivity index (χ1v) is 7.35. The number of benzene rings is 1. The SMILES string of the molecule is COCC(COC)(C(=O)CBr)c1cccc(Br)c1. The highest BCUT2D eigenvalue weighted by atomic mass is 79.9. The predicted molar refractivity (Wildman–Crippen MR) is 78.4 cm³/mol. The van der Waals surface area contributed by atoms with E-state index in [9.17, 15) is 4.79 Å². The molecule has 1 rings (SSSR count). The average Bonchev–Trinajstić information content (AvgIpc) is 2.37. The third kappa shape index (κ3) is 3.41. The van der Waals surface area contributed by atoms with E-state index in [0.717, 1.165) is 10.0 Å². The van der Waals surface area contributed by atoms with Crippen LogP contribution in [0.25, 0.3) is 0 Å². The van der Waals surface area contributed by atoms with Crippen molar-refractivity contribution in [3.05, 3.63) is 34.3 Å². The molecule has 1 aromatic rings. The third-order valence-electron chi connectivity index (χ3n) is 2.81. The van der Waals surface area contributed by atoms with Crippen molar-refractivity contribution in [2.45, 2.75) is 5.41 Å². The summed E-state index contributed by atoms with van der Waals surface area (Å²) >= 11 is 6.66. The van der Waals surface area contributed by atoms with E-state index in [-0.39, 0.29) is 11.1 Å². The van der Waals surface area contributed by atoms with Crippen LogP contribution in [0.15, 0.2) is 28.7 Å². The standard InChI is InChI=1S/C13H16Br2O3/c1-17-8-13(9-18-2,12(16)7-14)10-4-3-5-11(15)6-10/h3-6H,7-9H2,1-2H3. The van der Waals surface area contributed by atoms with Gasteiger partial charge in [0.2, 0.25) is 0 Å². The van der Waals surface area contributed by atoms with Gasteiger partial charge >= 0.3 is 0 Å². The molecule has 0 bridgehead atoms. The summed E-state index contributed by atoms with van der Waals surface area (Å²) in [6, 6.07) is 7.68. The van der Waals surface area contributed by atoms with Crippen LogP contribution in [0.2, 0.25) is 0 Å². The van der Waals surface area contributed by atoms with Crippen molar-refractivity contribution < 1.29 is 14.3 Å². The fourth-order valence-corrected chi connectivity index (χ4v) is 2.87. The fraction of sp³-hybridized carbons (Fsp3) is 0.462. The average molecular weight is 380 g/mol. The highest BCUT2D eigenvalue weighted by Gasteiger charge is 2.39. The van der Waals surface area contributed by atoms with Crippen molar-refractivity contribution in [1.29, 1.82) is 0 Å². The number of carbonyl (C=O) groups excluding carboxylic acids is 1. The smallest absolute Gasteiger partial charge is 0.158 e. The summed E-state index contributed by atoms with van der Waals surface area (Å²) in [6.45, 7) is 0.587. The Hall–Kier alpha value is -0.230. The van der Waals surface area contributed by atoms with E-state index in [1.165, 1.54) is 0 Å². The fourth-order valence-electron chi connectivity index (χ4n) is 1.94. The Morgan fingerprint density at radius 2 is 1.89 bits per heavy atom. The second-order valence-corrected chi connectivity index (χ2v) is 5.49. The number of ketones is 1. The van der Waals surface area contributed by atoms with Gasteiger partial charge in [-0.3, -0.25) is 4.79 Å². The molecule has 0 heterocycles. The van der Waals surface area contributed by atoms with Crippen LogP contribution in [0, 0.1) is 0 Å². The van der Waals surface area contributed by atoms with Crippen LogP contribution in [0.1, 0.15) is 5.56 Å². The number of hydrogen-bond acceptors (Lipinski definition) is 3. The van der Waals surface area contributed by atoms with Gasteiger partial charge in [-0.15, -0.1) is 0 Å². The summed E-state index contributed by atoms with van der Waals surface area (Å²) in [6.07, 6.45) is 0. The number of rotatable bonds is 7. The summed E-state index contributed by atoms with van der Waals surface area (Å²) in [4.78, 5) is 12.3. The van der Waals surface area contributed by atoms with Gasteiger partial charge in [0, 0.05) is 18.7 Å². The Bertz CT molecular complexity index is 401. The zero-order valence-electron chi connectivity index (χ0n) is 10.4. The van der Waals surface area contributed by atoms with Crippen molar-refractivity contribution in [2.75, 3.05) is 32.8 Å². The maximum absolute atomic E-state index is 12.3. The minimum absolute atomic E-state index is 0.0456. The Morgan fingerprint density at radius 3 is 2.33 bits per heavy atom. The second-order valence-electron chi connectivity index (χ2n) is 4.02. The molecule has 100 valence electrons. The van der Waals surface area contributed by atoms with Gasteiger partial charge in [-0.1, -0.05) is 44.0 Å². The van der Waals surface area contributed by atoms with E-state index < -0.39 is 5.41 Å². The molecule has 0 aliphatic heterocycles. The van der Waals surface area contributed by atoms with Gasteiger partial charge in [0.1, 0.15) is 5.41 Å². The molecular weight excluding hydrogens is 364 g/mol. The Morgan fingerprint density at radius 1 is 1.28 bits per heavy atom. The maximum Gasteiger partial charge on any atom is 0.158 e. The number of carbonyl (C=O) groups is 1. The van der Waals surface area contributed by atoms with E-state index in [1.54, 1.807) is 14.2 Å². The molecule has 1 aromatic carbocycles. The summed E-state index contributed by atoms with van der Waals surface area (Å²) in [5.41, 5.74) is 0.126. The minimum Gasteiger partial charge on any atom is -0.383 e. The van der Waals surface area contributed by atoms with Crippen molar-refractivity contribution in [3.8, 4) is 0 Å². The third-order valence-corrected chi connectivity index (χ3v) is 3.82. The first-order chi connectivity index (χ1) is 8.60. The van der Waals surface area contributed by atoms with Crippen LogP contribution >= 0.6 is 31.9 Å². The summed E-state index contributed by atoms with van der Waals surface area (Å²) in [5.74, 6) is 0.0456. The van der Waals surface area contributed by atoms with E-state index >= 15 is 0 Å². The van der Waals surface area contributed by atoms with Gasteiger partial charge in [0.15, 0.2) is 5.78 Å². The van der Waals surface area contributed by atoms with Gasteiger partial charge in [-0.05, 0) is 17.7 Å². The molecule has 0 fully saturated rings. The predicted octanol–water partition coefficient (Wildman–Crippen LogP) is 2.94. The Labute approximate surface area is 124 Å². The van der Waals surface area contributed by atoms with E-state index in [4.69, 9.17) is 9.47 Å². The lowest BCUT2D eigenvalue weighted by atomic mass is 9.78. The molecule has 0 N–H and O–H groups in total. The molecule has 0 aliphatic carbocycles. The van der Waals surface area contributed by atoms with Gasteiger partial charge in [-0.25, -0.2) is 0 Å². The number of hydrogen-bond donors (Lipinski definition) is 0. The molecule has 0 saturated heterocycles. The van der Waals surface area contributed by atoms with E-state index in [0.29, 0.717) is 13.2 Å². The molecule has 0 aliphatic rings. The van der Waals surface area contributed by atoms with Crippen molar-refractivity contribution in [1.82, 2.24) is 0 Å². The monoisotopic (exact) mass is 378 g/mol. The molecule has 0 amide bonds. The number of halogens is 2. The number of methoxy groups -OCH3 is 2. The number of alkyl halides is 1. The van der Waals surface area contributed by atoms with Crippen LogP contribution in [0.4, 0.5) is 0 Å².